The van der Waals surface area contributed by atoms with Gasteiger partial charge in [-0.1, -0.05) is 89.9 Å². The molecule has 7 nitrogen and oxygen atoms in total. The van der Waals surface area contributed by atoms with Gasteiger partial charge in [0.25, 0.3) is 5.91 Å². The van der Waals surface area contributed by atoms with Gasteiger partial charge in [0.15, 0.2) is 6.29 Å². The Kier molecular flexibility index (Phi) is 13.9. The molecule has 0 fully saturated rings. The molecule has 7 heteroatoms. The molecular weight excluding hydrogens is 635 g/mol. The first kappa shape index (κ1) is 39.7. The normalized spacial score (nSPS) is 11.2. The summed E-state index contributed by atoms with van der Waals surface area (Å²) in [6.07, 6.45) is 3.46. The molecule has 1 amide bonds. The number of nitrogens with one attached hydrogen (secondary N) is 2. The highest BCUT2D eigenvalue weighted by atomic mass is 16.5. The summed E-state index contributed by atoms with van der Waals surface area (Å²) in [7, 11) is 1.71. The van der Waals surface area contributed by atoms with E-state index in [-0.39, 0.29) is 17.3 Å². The monoisotopic (exact) mass is 685 g/mol. The number of ether oxygens (including phenoxy) is 2. The molecule has 0 aliphatic rings. The molecule has 2 N–H and O–H groups in total. The Balaban J connectivity index is 0.00000345. The van der Waals surface area contributed by atoms with Crippen LogP contribution in [0.15, 0.2) is 105 Å². The minimum absolute atomic E-state index is 0.237. The van der Waals surface area contributed by atoms with Gasteiger partial charge in [-0.2, -0.15) is 0 Å². The number of benzene rings is 4. The predicted octanol–water partition coefficient (Wildman–Crippen LogP) is 11.1. The summed E-state index contributed by atoms with van der Waals surface area (Å²) in [6.45, 7) is 26.2. The van der Waals surface area contributed by atoms with Crippen LogP contribution in [0.5, 0.6) is 11.5 Å². The van der Waals surface area contributed by atoms with Crippen LogP contribution in [-0.2, 0) is 0 Å². The zero-order chi connectivity index (χ0) is 37.9. The number of aldehydes is 1. The minimum atomic E-state index is -0.423. The quantitative estimate of drug-likeness (QED) is 0.0632. The first-order chi connectivity index (χ1) is 24.2. The van der Waals surface area contributed by atoms with Crippen molar-refractivity contribution >= 4 is 41.3 Å². The minimum Gasteiger partial charge on any atom is -0.457 e. The lowest BCUT2D eigenvalue weighted by atomic mass is 9.98. The van der Waals surface area contributed by atoms with Crippen LogP contribution in [0.4, 0.5) is 5.69 Å². The van der Waals surface area contributed by atoms with E-state index in [4.69, 9.17) is 14.9 Å². The predicted molar refractivity (Wildman–Crippen MR) is 213 cm³/mol. The molecule has 0 radical (unpaired) electrons. The van der Waals surface area contributed by atoms with Gasteiger partial charge in [0.2, 0.25) is 0 Å². The van der Waals surface area contributed by atoms with Crippen LogP contribution in [0.25, 0.3) is 17.6 Å². The highest BCUT2D eigenvalue weighted by Crippen LogP contribution is 2.28. The molecule has 1 atom stereocenters. The van der Waals surface area contributed by atoms with Crippen LogP contribution in [0.3, 0.4) is 0 Å². The summed E-state index contributed by atoms with van der Waals surface area (Å²) >= 11 is 0. The van der Waals surface area contributed by atoms with E-state index in [1.165, 1.54) is 5.56 Å². The van der Waals surface area contributed by atoms with Gasteiger partial charge in [0.1, 0.15) is 28.9 Å². The van der Waals surface area contributed by atoms with Crippen LogP contribution in [0, 0.1) is 5.41 Å². The van der Waals surface area contributed by atoms with Crippen LogP contribution < -0.4 is 14.8 Å². The van der Waals surface area contributed by atoms with Crippen molar-refractivity contribution in [2.75, 3.05) is 12.4 Å². The highest BCUT2D eigenvalue weighted by molar-refractivity contribution is 6.08. The van der Waals surface area contributed by atoms with Crippen molar-refractivity contribution in [3.05, 3.63) is 144 Å². The summed E-state index contributed by atoms with van der Waals surface area (Å²) in [4.78, 5) is 26.5. The Bertz CT molecular complexity index is 1880. The largest absolute Gasteiger partial charge is 0.457 e. The van der Waals surface area contributed by atoms with Gasteiger partial charge in [-0.3, -0.25) is 15.0 Å². The van der Waals surface area contributed by atoms with E-state index in [1.807, 2.05) is 65.0 Å². The molecule has 0 spiro atoms. The first-order valence-electron chi connectivity index (χ1n) is 17.2. The lowest BCUT2D eigenvalue weighted by molar-refractivity contribution is 0.0653. The SMILES string of the molecule is C=Cc1ccc(C(=C)Oc2ccc(OC(=C)c3ccc(C=O)c(C(=O)N(C)C(C)(C)C)c3)cc2)cc1C(=N)Nc1ccc(C(C)CC)cc1.CC. The van der Waals surface area contributed by atoms with Crippen molar-refractivity contribution in [2.24, 2.45) is 0 Å². The van der Waals surface area contributed by atoms with Gasteiger partial charge < -0.3 is 19.7 Å². The summed E-state index contributed by atoms with van der Waals surface area (Å²) < 4.78 is 12.1. The molecule has 0 aliphatic heterocycles. The van der Waals surface area contributed by atoms with E-state index in [0.29, 0.717) is 57.5 Å². The maximum absolute atomic E-state index is 13.2. The summed E-state index contributed by atoms with van der Waals surface area (Å²) in [6, 6.07) is 25.7. The Morgan fingerprint density at radius 3 is 1.78 bits per heavy atom. The second-order valence-electron chi connectivity index (χ2n) is 12.9. The number of carbonyl (C=O) groups is 2. The van der Waals surface area contributed by atoms with Gasteiger partial charge in [-0.25, -0.2) is 0 Å². The second kappa shape index (κ2) is 17.8. The highest BCUT2D eigenvalue weighted by Gasteiger charge is 2.25. The molecule has 0 aliphatic carbocycles. The molecule has 0 saturated carbocycles. The van der Waals surface area contributed by atoms with Crippen molar-refractivity contribution in [2.45, 2.75) is 66.3 Å². The fourth-order valence-corrected chi connectivity index (χ4v) is 4.95. The van der Waals surface area contributed by atoms with E-state index in [2.05, 4.69) is 51.0 Å². The fraction of sp³-hybridized carbons (Fsp3) is 0.250. The van der Waals surface area contributed by atoms with Crippen LogP contribution in [0.1, 0.15) is 109 Å². The third-order valence-corrected chi connectivity index (χ3v) is 8.58. The number of amides is 1. The summed E-state index contributed by atoms with van der Waals surface area (Å²) in [5.74, 6) is 2.23. The lowest BCUT2D eigenvalue weighted by Crippen LogP contribution is -2.42. The van der Waals surface area contributed by atoms with Crippen molar-refractivity contribution < 1.29 is 19.1 Å². The van der Waals surface area contributed by atoms with Crippen LogP contribution in [-0.4, -0.2) is 35.5 Å². The number of anilines is 1. The summed E-state index contributed by atoms with van der Waals surface area (Å²) in [5, 5.41) is 12.0. The van der Waals surface area contributed by atoms with Gasteiger partial charge in [-0.15, -0.1) is 0 Å². The number of hydrogen-bond donors (Lipinski definition) is 2. The molecule has 266 valence electrons. The van der Waals surface area contributed by atoms with E-state index in [1.54, 1.807) is 60.5 Å². The molecule has 0 bridgehead atoms. The third-order valence-electron chi connectivity index (χ3n) is 8.58. The smallest absolute Gasteiger partial charge is 0.254 e. The first-order valence-corrected chi connectivity index (χ1v) is 17.2. The Morgan fingerprint density at radius 2 is 1.33 bits per heavy atom. The molecule has 4 aromatic rings. The average molecular weight is 686 g/mol. The zero-order valence-corrected chi connectivity index (χ0v) is 31.2. The van der Waals surface area contributed by atoms with Gasteiger partial charge in [0, 0.05) is 40.5 Å². The van der Waals surface area contributed by atoms with E-state index >= 15 is 0 Å². The Hall–Kier alpha value is -5.69. The van der Waals surface area contributed by atoms with E-state index in [0.717, 1.165) is 17.7 Å². The van der Waals surface area contributed by atoms with Crippen LogP contribution in [0.2, 0.25) is 0 Å². The second-order valence-corrected chi connectivity index (χ2v) is 12.9. The average Bonchev–Trinajstić information content (AvgIpc) is 3.14. The van der Waals surface area contributed by atoms with Crippen molar-refractivity contribution in [3.8, 4) is 11.5 Å². The summed E-state index contributed by atoms with van der Waals surface area (Å²) in [5.41, 5.74) is 5.02. The molecule has 0 aromatic heterocycles. The zero-order valence-electron chi connectivity index (χ0n) is 31.2. The van der Waals surface area contributed by atoms with Crippen molar-refractivity contribution in [1.82, 2.24) is 4.90 Å². The molecular formula is C44H51N3O4. The number of amidine groups is 1. The van der Waals surface area contributed by atoms with Gasteiger partial charge >= 0.3 is 0 Å². The number of hydrogen-bond acceptors (Lipinski definition) is 5. The molecule has 0 heterocycles. The van der Waals surface area contributed by atoms with Gasteiger partial charge in [-0.05, 0) is 92.8 Å². The topological polar surface area (TPSA) is 91.7 Å². The standard InChI is InChI=1S/C42H45N3O4.C2H6/c1-10-27(3)31-16-18-35(19-17-31)44-40(43)38-24-32(13-12-30(38)11-2)28(4)48-36-20-22-37(23-21-36)49-29(5)33-14-15-34(26-46)39(25-33)41(47)45(9)42(6,7)8;1-2/h11-27H,2,4-5,10H2,1,3,6-9H3,(H2,43,44);1-2H3. The maximum atomic E-state index is 13.2. The van der Waals surface area contributed by atoms with Gasteiger partial charge in [0.05, 0.1) is 5.56 Å². The van der Waals surface area contributed by atoms with E-state index < -0.39 is 5.54 Å². The van der Waals surface area contributed by atoms with Crippen molar-refractivity contribution in [1.29, 1.82) is 5.41 Å². The third kappa shape index (κ3) is 10.2. The molecule has 4 aromatic carbocycles. The van der Waals surface area contributed by atoms with Crippen molar-refractivity contribution in [3.63, 3.8) is 0 Å². The number of rotatable bonds is 13. The maximum Gasteiger partial charge on any atom is 0.254 e. The number of nitrogens with zero attached hydrogens (tertiary/aromatic N) is 1. The Morgan fingerprint density at radius 1 is 0.843 bits per heavy atom. The van der Waals surface area contributed by atoms with E-state index in [9.17, 15) is 9.59 Å². The molecule has 4 rings (SSSR count). The number of carbonyl (C=O) groups excluding carboxylic acids is 2. The molecule has 1 unspecified atom stereocenters. The Labute approximate surface area is 303 Å². The molecule has 51 heavy (non-hydrogen) atoms. The molecule has 0 saturated heterocycles. The van der Waals surface area contributed by atoms with Crippen LogP contribution >= 0.6 is 0 Å². The fourth-order valence-electron chi connectivity index (χ4n) is 4.95. The lowest BCUT2D eigenvalue weighted by Gasteiger charge is -2.32.